The number of benzene rings is 2. The van der Waals surface area contributed by atoms with Gasteiger partial charge < -0.3 is 30.2 Å². The summed E-state index contributed by atoms with van der Waals surface area (Å²) in [7, 11) is -0.850. The molecule has 0 spiro atoms. The third-order valence-electron chi connectivity index (χ3n) is 8.80. The van der Waals surface area contributed by atoms with E-state index in [9.17, 15) is 4.57 Å². The van der Waals surface area contributed by atoms with Gasteiger partial charge in [0.25, 0.3) is 0 Å². The summed E-state index contributed by atoms with van der Waals surface area (Å²) in [5.41, 5.74) is 5.45. The number of ether oxygens (including phenoxy) is 1. The van der Waals surface area contributed by atoms with Crippen LogP contribution in [0.3, 0.4) is 0 Å². The molecule has 0 saturated carbocycles. The highest BCUT2D eigenvalue weighted by molar-refractivity contribution is 7.70. The number of piperazine rings is 1. The van der Waals surface area contributed by atoms with E-state index in [0.29, 0.717) is 23.5 Å². The molecule has 0 amide bonds. The fraction of sp³-hybridized carbons (Fsp3) is 0.424. The van der Waals surface area contributed by atoms with Gasteiger partial charge in [0, 0.05) is 74.8 Å². The molecule has 4 N–H and O–H groups in total. The summed E-state index contributed by atoms with van der Waals surface area (Å²) in [6.45, 7) is 12.3. The molecule has 45 heavy (non-hydrogen) atoms. The van der Waals surface area contributed by atoms with Gasteiger partial charge in [-0.15, -0.1) is 0 Å². The van der Waals surface area contributed by atoms with Crippen LogP contribution in [0.4, 0.5) is 28.8 Å². The summed E-state index contributed by atoms with van der Waals surface area (Å²) in [4.78, 5) is 14.7. The number of rotatable bonds is 10. The zero-order chi connectivity index (χ0) is 31.4. The van der Waals surface area contributed by atoms with E-state index < -0.39 is 7.14 Å². The maximum atomic E-state index is 13.1. The van der Waals surface area contributed by atoms with E-state index >= 15 is 0 Å². The molecule has 2 aliphatic heterocycles. The van der Waals surface area contributed by atoms with Crippen molar-refractivity contribution >= 4 is 41.3 Å². The highest BCUT2D eigenvalue weighted by Gasteiger charge is 2.27. The normalized spacial score (nSPS) is 16.5. The first kappa shape index (κ1) is 31.1. The Kier molecular flexibility index (Phi) is 9.40. The van der Waals surface area contributed by atoms with Crippen LogP contribution in [-0.4, -0.2) is 90.8 Å². The predicted octanol–water partition coefficient (Wildman–Crippen LogP) is 5.05. The third-order valence-corrected chi connectivity index (χ3v) is 10.4. The molecule has 238 valence electrons. The summed E-state index contributed by atoms with van der Waals surface area (Å²) < 4.78 is 19.0. The smallest absolute Gasteiger partial charge is 0.229 e. The number of hydrogen-bond donors (Lipinski definition) is 4. The van der Waals surface area contributed by atoms with E-state index in [1.807, 2.05) is 30.3 Å². The van der Waals surface area contributed by atoms with Crippen LogP contribution in [0.2, 0.25) is 0 Å². The zero-order valence-corrected chi connectivity index (χ0v) is 27.5. The van der Waals surface area contributed by atoms with Crippen LogP contribution in [0.1, 0.15) is 25.3 Å². The van der Waals surface area contributed by atoms with Crippen LogP contribution in [0.25, 0.3) is 11.3 Å². The second-order valence-corrected chi connectivity index (χ2v) is 15.3. The van der Waals surface area contributed by atoms with Crippen molar-refractivity contribution in [3.05, 3.63) is 60.4 Å². The Morgan fingerprint density at radius 1 is 1.02 bits per heavy atom. The summed E-state index contributed by atoms with van der Waals surface area (Å²) in [6, 6.07) is 14.5. The summed E-state index contributed by atoms with van der Waals surface area (Å²) in [6.07, 6.45) is 6.75. The zero-order valence-electron chi connectivity index (χ0n) is 26.6. The Balaban J connectivity index is 1.27. The van der Waals surface area contributed by atoms with Crippen molar-refractivity contribution in [1.82, 2.24) is 30.4 Å². The lowest BCUT2D eigenvalue weighted by Crippen LogP contribution is -2.52. The lowest BCUT2D eigenvalue weighted by Gasteiger charge is -2.41. The number of para-hydroxylation sites is 1. The number of nitrogens with one attached hydrogen (secondary N) is 4. The average Bonchev–Trinajstić information content (AvgIpc) is 3.60. The highest BCUT2D eigenvalue weighted by Crippen LogP contribution is 2.40. The van der Waals surface area contributed by atoms with Crippen molar-refractivity contribution in [2.75, 3.05) is 75.2 Å². The van der Waals surface area contributed by atoms with Gasteiger partial charge in [-0.05, 0) is 62.4 Å². The van der Waals surface area contributed by atoms with Gasteiger partial charge in [0.1, 0.15) is 18.7 Å². The number of anilines is 5. The molecule has 0 unspecified atom stereocenters. The minimum absolute atomic E-state index is 0.412. The lowest BCUT2D eigenvalue weighted by atomic mass is 9.99. The molecule has 0 radical (unpaired) electrons. The van der Waals surface area contributed by atoms with Crippen LogP contribution in [0.15, 0.2) is 54.9 Å². The summed E-state index contributed by atoms with van der Waals surface area (Å²) in [5, 5.41) is 18.3. The molecule has 11 nitrogen and oxygen atoms in total. The fourth-order valence-corrected chi connectivity index (χ4v) is 7.56. The van der Waals surface area contributed by atoms with Gasteiger partial charge in [0.05, 0.1) is 29.7 Å². The molecular weight excluding hydrogens is 585 g/mol. The fourth-order valence-electron chi connectivity index (χ4n) is 6.41. The predicted molar refractivity (Wildman–Crippen MR) is 184 cm³/mol. The number of aromatic amines is 1. The van der Waals surface area contributed by atoms with Gasteiger partial charge >= 0.3 is 0 Å². The van der Waals surface area contributed by atoms with E-state index in [0.717, 1.165) is 73.7 Å². The van der Waals surface area contributed by atoms with Gasteiger partial charge in [-0.2, -0.15) is 10.1 Å². The Morgan fingerprint density at radius 2 is 1.80 bits per heavy atom. The van der Waals surface area contributed by atoms with Crippen molar-refractivity contribution in [3.8, 4) is 17.0 Å². The Bertz CT molecular complexity index is 1640. The molecule has 2 aliphatic rings. The van der Waals surface area contributed by atoms with E-state index in [4.69, 9.17) is 9.72 Å². The van der Waals surface area contributed by atoms with Crippen molar-refractivity contribution in [2.24, 2.45) is 0 Å². The molecule has 2 saturated heterocycles. The molecule has 0 atom stereocenters. The maximum Gasteiger partial charge on any atom is 0.229 e. The standard InChI is InChI=1S/C33H44N9O2P/c1-5-23-20-28(30(44-2)21-29(23)42-16-11-24(12-17-42)41-18-14-34-15-19-41)38-33-35-22-25(26-10-13-36-40-26)32(39-33)37-27-8-6-7-9-31(27)45(3,4)43/h6-10,13,20-22,24,34H,5,11-12,14-19H2,1-4H3,(H,36,40)(H2,35,37,38,39). The van der Waals surface area contributed by atoms with Gasteiger partial charge in [-0.1, -0.05) is 19.1 Å². The van der Waals surface area contributed by atoms with Crippen molar-refractivity contribution < 1.29 is 9.30 Å². The number of piperidine rings is 1. The number of nitrogens with zero attached hydrogens (tertiary/aromatic N) is 5. The maximum absolute atomic E-state index is 13.1. The first-order chi connectivity index (χ1) is 21.8. The SMILES string of the molecule is CCc1cc(Nc2ncc(-c3cc[nH]n3)c(Nc3ccccc3P(C)(C)=O)n2)c(OC)cc1N1CCC(N2CCNCC2)CC1. The molecule has 4 aromatic rings. The van der Waals surface area contributed by atoms with E-state index in [2.05, 4.69) is 60.0 Å². The average molecular weight is 630 g/mol. The summed E-state index contributed by atoms with van der Waals surface area (Å²) in [5.74, 6) is 1.71. The molecule has 4 heterocycles. The topological polar surface area (TPSA) is 123 Å². The Morgan fingerprint density at radius 3 is 2.49 bits per heavy atom. The van der Waals surface area contributed by atoms with Gasteiger partial charge in [0.2, 0.25) is 5.95 Å². The first-order valence-electron chi connectivity index (χ1n) is 15.8. The number of hydrogen-bond acceptors (Lipinski definition) is 10. The van der Waals surface area contributed by atoms with Crippen LogP contribution >= 0.6 is 7.14 Å². The van der Waals surface area contributed by atoms with Gasteiger partial charge in [0.15, 0.2) is 0 Å². The number of methoxy groups -OCH3 is 1. The number of H-pyrrole nitrogens is 1. The molecule has 2 aromatic carbocycles. The van der Waals surface area contributed by atoms with E-state index in [-0.39, 0.29) is 0 Å². The minimum atomic E-state index is -2.55. The molecular formula is C33H44N9O2P. The molecule has 12 heteroatoms. The van der Waals surface area contributed by atoms with Crippen molar-refractivity contribution in [3.63, 3.8) is 0 Å². The largest absolute Gasteiger partial charge is 0.494 e. The monoisotopic (exact) mass is 629 g/mol. The molecule has 2 aromatic heterocycles. The van der Waals surface area contributed by atoms with E-state index in [1.54, 1.807) is 32.8 Å². The van der Waals surface area contributed by atoms with Crippen molar-refractivity contribution in [1.29, 1.82) is 0 Å². The third kappa shape index (κ3) is 7.01. The Hall–Kier alpha value is -3.92. The molecule has 0 bridgehead atoms. The van der Waals surface area contributed by atoms with Crippen LogP contribution in [-0.2, 0) is 11.0 Å². The Labute approximate surface area is 265 Å². The molecule has 6 rings (SSSR count). The van der Waals surface area contributed by atoms with Crippen LogP contribution in [0, 0.1) is 0 Å². The minimum Gasteiger partial charge on any atom is -0.494 e. The van der Waals surface area contributed by atoms with Gasteiger partial charge in [-0.25, -0.2) is 4.98 Å². The second-order valence-electron chi connectivity index (χ2n) is 12.1. The van der Waals surface area contributed by atoms with Crippen LogP contribution < -0.4 is 30.9 Å². The first-order valence-corrected chi connectivity index (χ1v) is 18.4. The molecule has 2 fully saturated rings. The van der Waals surface area contributed by atoms with Crippen molar-refractivity contribution in [2.45, 2.75) is 32.2 Å². The van der Waals surface area contributed by atoms with Gasteiger partial charge in [-0.3, -0.25) is 10.00 Å². The number of aromatic nitrogens is 4. The summed E-state index contributed by atoms with van der Waals surface area (Å²) >= 11 is 0. The molecule has 0 aliphatic carbocycles. The van der Waals surface area contributed by atoms with Crippen LogP contribution in [0.5, 0.6) is 5.75 Å². The quantitative estimate of drug-likeness (QED) is 0.177. The highest BCUT2D eigenvalue weighted by atomic mass is 31.2. The lowest BCUT2D eigenvalue weighted by molar-refractivity contribution is 0.150. The van der Waals surface area contributed by atoms with E-state index in [1.165, 1.54) is 24.1 Å². The number of aryl methyl sites for hydroxylation is 1. The second kappa shape index (κ2) is 13.6.